The van der Waals surface area contributed by atoms with E-state index in [0.717, 1.165) is 30.2 Å². The second kappa shape index (κ2) is 6.80. The molecular formula is C21H19FN6O. The van der Waals surface area contributed by atoms with Crippen molar-refractivity contribution in [3.05, 3.63) is 64.9 Å². The Morgan fingerprint density at radius 1 is 1.21 bits per heavy atom. The Bertz CT molecular complexity index is 1240. The summed E-state index contributed by atoms with van der Waals surface area (Å²) in [7, 11) is 0. The van der Waals surface area contributed by atoms with E-state index >= 15 is 0 Å². The van der Waals surface area contributed by atoms with Crippen LogP contribution in [0.4, 0.5) is 10.1 Å². The number of tetrazole rings is 1. The molecule has 4 aromatic rings. The number of aryl methyl sites for hydroxylation is 3. The molecule has 2 heterocycles. The highest BCUT2D eigenvalue weighted by Gasteiger charge is 2.20. The minimum atomic E-state index is -0.474. The smallest absolute Gasteiger partial charge is 0.257 e. The fraction of sp³-hybridized carbons (Fsp3) is 0.238. The zero-order chi connectivity index (χ0) is 20.0. The summed E-state index contributed by atoms with van der Waals surface area (Å²) in [6.45, 7) is 1.68. The molecule has 1 aliphatic rings. The number of nitrogens with one attached hydrogen (secondary N) is 2. The van der Waals surface area contributed by atoms with Crippen LogP contribution in [0.5, 0.6) is 0 Å². The van der Waals surface area contributed by atoms with Crippen molar-refractivity contribution < 1.29 is 9.18 Å². The van der Waals surface area contributed by atoms with Gasteiger partial charge in [-0.1, -0.05) is 12.1 Å². The molecular weight excluding hydrogens is 371 g/mol. The van der Waals surface area contributed by atoms with Gasteiger partial charge in [-0.3, -0.25) is 4.79 Å². The number of halogens is 1. The van der Waals surface area contributed by atoms with Crippen molar-refractivity contribution in [2.75, 3.05) is 5.32 Å². The number of rotatable bonds is 3. The van der Waals surface area contributed by atoms with Gasteiger partial charge >= 0.3 is 0 Å². The molecule has 1 aliphatic carbocycles. The van der Waals surface area contributed by atoms with Gasteiger partial charge in [0.15, 0.2) is 5.82 Å². The molecule has 2 aromatic heterocycles. The number of H-pyrrole nitrogens is 1. The molecule has 2 N–H and O–H groups in total. The zero-order valence-electron chi connectivity index (χ0n) is 15.9. The molecule has 146 valence electrons. The fourth-order valence-electron chi connectivity index (χ4n) is 4.02. The number of anilines is 1. The quantitative estimate of drug-likeness (QED) is 0.558. The average molecular weight is 390 g/mol. The van der Waals surface area contributed by atoms with E-state index in [1.54, 1.807) is 13.0 Å². The molecule has 0 spiro atoms. The van der Waals surface area contributed by atoms with Crippen LogP contribution in [0.2, 0.25) is 0 Å². The van der Waals surface area contributed by atoms with Gasteiger partial charge in [0, 0.05) is 16.8 Å². The molecule has 0 aliphatic heterocycles. The molecule has 0 fully saturated rings. The fourth-order valence-corrected chi connectivity index (χ4v) is 4.02. The number of amides is 1. The van der Waals surface area contributed by atoms with E-state index in [9.17, 15) is 9.18 Å². The topological polar surface area (TPSA) is 88.5 Å². The first kappa shape index (κ1) is 17.5. The molecule has 0 bridgehead atoms. The number of hydrogen-bond acceptors (Lipinski definition) is 4. The van der Waals surface area contributed by atoms with Gasteiger partial charge in [0.1, 0.15) is 11.5 Å². The summed E-state index contributed by atoms with van der Waals surface area (Å²) >= 11 is 0. The second-order valence-electron chi connectivity index (χ2n) is 7.28. The van der Waals surface area contributed by atoms with Gasteiger partial charge in [-0.15, -0.1) is 5.10 Å². The van der Waals surface area contributed by atoms with Crippen LogP contribution < -0.4 is 5.32 Å². The number of para-hydroxylation sites is 1. The third kappa shape index (κ3) is 2.97. The Hall–Kier alpha value is -3.55. The number of fused-ring (bicyclic) bond motifs is 3. The van der Waals surface area contributed by atoms with Crippen molar-refractivity contribution in [2.45, 2.75) is 32.6 Å². The Labute approximate surface area is 165 Å². The van der Waals surface area contributed by atoms with E-state index in [4.69, 9.17) is 0 Å². The number of aromatic amines is 1. The van der Waals surface area contributed by atoms with Gasteiger partial charge in [0.2, 0.25) is 0 Å². The molecule has 5 rings (SSSR count). The maximum atomic E-state index is 14.3. The molecule has 29 heavy (non-hydrogen) atoms. The monoisotopic (exact) mass is 390 g/mol. The predicted molar refractivity (Wildman–Crippen MR) is 107 cm³/mol. The van der Waals surface area contributed by atoms with Gasteiger partial charge < -0.3 is 10.3 Å². The number of benzene rings is 2. The number of carbonyl (C=O) groups is 1. The minimum Gasteiger partial charge on any atom is -0.358 e. The van der Waals surface area contributed by atoms with Gasteiger partial charge in [-0.05, 0) is 72.9 Å². The van der Waals surface area contributed by atoms with E-state index in [1.807, 2.05) is 6.07 Å². The van der Waals surface area contributed by atoms with Crippen LogP contribution in [0.25, 0.3) is 16.6 Å². The molecule has 0 atom stereocenters. The van der Waals surface area contributed by atoms with E-state index < -0.39 is 5.82 Å². The molecule has 0 saturated heterocycles. The van der Waals surface area contributed by atoms with Gasteiger partial charge in [0.25, 0.3) is 5.91 Å². The molecule has 1 amide bonds. The second-order valence-corrected chi connectivity index (χ2v) is 7.28. The SMILES string of the molecule is Cc1nnnn1-c1cc(NC(=O)c2cccc3c4c([nH]c23)CCCC4)ccc1F. The third-order valence-corrected chi connectivity index (χ3v) is 5.44. The predicted octanol–water partition coefficient (Wildman–Crippen LogP) is 3.72. The Morgan fingerprint density at radius 2 is 2.07 bits per heavy atom. The Morgan fingerprint density at radius 3 is 2.90 bits per heavy atom. The van der Waals surface area contributed by atoms with Crippen molar-refractivity contribution in [1.82, 2.24) is 25.2 Å². The number of hydrogen-bond donors (Lipinski definition) is 2. The summed E-state index contributed by atoms with van der Waals surface area (Å²) < 4.78 is 15.6. The highest BCUT2D eigenvalue weighted by molar-refractivity contribution is 6.12. The lowest BCUT2D eigenvalue weighted by Gasteiger charge is -2.10. The standard InChI is InChI=1S/C21H19FN6O/c1-12-25-26-27-28(12)19-11-13(9-10-17(19)22)23-21(29)16-7-4-6-15-14-5-2-3-8-18(14)24-20(15)16/h4,6-7,9-11,24H,2-3,5,8H2,1H3,(H,23,29). The van der Waals surface area contributed by atoms with Crippen LogP contribution in [-0.2, 0) is 12.8 Å². The maximum Gasteiger partial charge on any atom is 0.257 e. The molecule has 0 unspecified atom stereocenters. The summed E-state index contributed by atoms with van der Waals surface area (Å²) in [4.78, 5) is 16.5. The summed E-state index contributed by atoms with van der Waals surface area (Å²) in [5.41, 5.74) is 4.62. The molecule has 2 aromatic carbocycles. The Kier molecular flexibility index (Phi) is 4.12. The van der Waals surface area contributed by atoms with Crippen LogP contribution in [0.1, 0.15) is 40.3 Å². The lowest BCUT2D eigenvalue weighted by atomic mass is 9.95. The van der Waals surface area contributed by atoms with Gasteiger partial charge in [0.05, 0.1) is 11.1 Å². The summed E-state index contributed by atoms with van der Waals surface area (Å²) in [6.07, 6.45) is 4.38. The van der Waals surface area contributed by atoms with Crippen LogP contribution in [0.15, 0.2) is 36.4 Å². The van der Waals surface area contributed by atoms with Crippen LogP contribution in [0, 0.1) is 12.7 Å². The molecule has 0 saturated carbocycles. The van der Waals surface area contributed by atoms with Crippen molar-refractivity contribution in [2.24, 2.45) is 0 Å². The van der Waals surface area contributed by atoms with Crippen LogP contribution >= 0.6 is 0 Å². The highest BCUT2D eigenvalue weighted by Crippen LogP contribution is 2.31. The van der Waals surface area contributed by atoms with Gasteiger partial charge in [-0.25, -0.2) is 4.39 Å². The molecule has 7 nitrogen and oxygen atoms in total. The third-order valence-electron chi connectivity index (χ3n) is 5.44. The van der Waals surface area contributed by atoms with Gasteiger partial charge in [-0.2, -0.15) is 4.68 Å². The number of aromatic nitrogens is 5. The van der Waals surface area contributed by atoms with Crippen molar-refractivity contribution in [1.29, 1.82) is 0 Å². The maximum absolute atomic E-state index is 14.3. The lowest BCUT2D eigenvalue weighted by molar-refractivity contribution is 0.102. The molecule has 8 heteroatoms. The largest absolute Gasteiger partial charge is 0.358 e. The molecule has 0 radical (unpaired) electrons. The van der Waals surface area contributed by atoms with E-state index in [-0.39, 0.29) is 11.6 Å². The van der Waals surface area contributed by atoms with Crippen molar-refractivity contribution >= 4 is 22.5 Å². The normalized spacial score (nSPS) is 13.4. The number of carbonyl (C=O) groups excluding carboxylic acids is 1. The first-order valence-corrected chi connectivity index (χ1v) is 9.60. The van der Waals surface area contributed by atoms with E-state index in [0.29, 0.717) is 17.1 Å². The minimum absolute atomic E-state index is 0.179. The zero-order valence-corrected chi connectivity index (χ0v) is 15.9. The Balaban J connectivity index is 1.50. The highest BCUT2D eigenvalue weighted by atomic mass is 19.1. The first-order valence-electron chi connectivity index (χ1n) is 9.60. The summed E-state index contributed by atoms with van der Waals surface area (Å²) in [5.74, 6) is -0.271. The number of nitrogens with zero attached hydrogens (tertiary/aromatic N) is 4. The first-order chi connectivity index (χ1) is 14.1. The van der Waals surface area contributed by atoms with E-state index in [1.165, 1.54) is 40.6 Å². The summed E-state index contributed by atoms with van der Waals surface area (Å²) in [6, 6.07) is 10.1. The van der Waals surface area contributed by atoms with Crippen LogP contribution in [0.3, 0.4) is 0 Å². The average Bonchev–Trinajstić information content (AvgIpc) is 3.32. The van der Waals surface area contributed by atoms with E-state index in [2.05, 4.69) is 31.9 Å². The lowest BCUT2D eigenvalue weighted by Crippen LogP contribution is -2.13. The van der Waals surface area contributed by atoms with Crippen molar-refractivity contribution in [3.8, 4) is 5.69 Å². The summed E-state index contributed by atoms with van der Waals surface area (Å²) in [5, 5.41) is 15.1. The van der Waals surface area contributed by atoms with Crippen LogP contribution in [-0.4, -0.2) is 31.1 Å². The van der Waals surface area contributed by atoms with Crippen molar-refractivity contribution in [3.63, 3.8) is 0 Å².